The van der Waals surface area contributed by atoms with Gasteiger partial charge in [0.2, 0.25) is 0 Å². The van der Waals surface area contributed by atoms with Gasteiger partial charge in [-0.3, -0.25) is 0 Å². The van der Waals surface area contributed by atoms with Gasteiger partial charge in [0.15, 0.2) is 0 Å². The van der Waals surface area contributed by atoms with Gasteiger partial charge in [0.25, 0.3) is 0 Å². The SMILES string of the molecule is C[C@@H]1O[C@@H](CN)C(O)[C@@H]1O. The number of aliphatic hydroxyl groups is 2. The van der Waals surface area contributed by atoms with Gasteiger partial charge in [-0.25, -0.2) is 0 Å². The lowest BCUT2D eigenvalue weighted by atomic mass is 10.1. The fraction of sp³-hybridized carbons (Fsp3) is 1.00. The minimum atomic E-state index is -0.819. The molecule has 0 aromatic rings. The van der Waals surface area contributed by atoms with Gasteiger partial charge in [-0.15, -0.1) is 0 Å². The molecular formula is C6H13NO3. The van der Waals surface area contributed by atoms with Gasteiger partial charge >= 0.3 is 0 Å². The maximum atomic E-state index is 9.17. The fourth-order valence-electron chi connectivity index (χ4n) is 1.13. The van der Waals surface area contributed by atoms with Gasteiger partial charge in [-0.2, -0.15) is 0 Å². The van der Waals surface area contributed by atoms with E-state index in [0.29, 0.717) is 0 Å². The first-order valence-electron chi connectivity index (χ1n) is 3.38. The predicted octanol–water partition coefficient (Wildman–Crippen LogP) is -1.55. The quantitative estimate of drug-likeness (QED) is 0.420. The first-order chi connectivity index (χ1) is 4.66. The minimum absolute atomic E-state index is 0.253. The molecule has 0 bridgehead atoms. The van der Waals surface area contributed by atoms with Crippen LogP contribution >= 0.6 is 0 Å². The number of aliphatic hydroxyl groups excluding tert-OH is 2. The lowest BCUT2D eigenvalue weighted by molar-refractivity contribution is 0.0223. The van der Waals surface area contributed by atoms with Crippen LogP contribution in [0.4, 0.5) is 0 Å². The summed E-state index contributed by atoms with van der Waals surface area (Å²) in [4.78, 5) is 0. The molecule has 4 atom stereocenters. The van der Waals surface area contributed by atoms with Crippen molar-refractivity contribution in [3.8, 4) is 0 Å². The number of ether oxygens (including phenoxy) is 1. The highest BCUT2D eigenvalue weighted by atomic mass is 16.5. The summed E-state index contributed by atoms with van der Waals surface area (Å²) in [6.07, 6.45) is -2.30. The predicted molar refractivity (Wildman–Crippen MR) is 35.4 cm³/mol. The van der Waals surface area contributed by atoms with Gasteiger partial charge < -0.3 is 20.7 Å². The molecule has 0 spiro atoms. The highest BCUT2D eigenvalue weighted by molar-refractivity contribution is 4.88. The molecule has 1 saturated heterocycles. The van der Waals surface area contributed by atoms with Crippen molar-refractivity contribution in [2.45, 2.75) is 31.3 Å². The van der Waals surface area contributed by atoms with Crippen molar-refractivity contribution in [1.29, 1.82) is 0 Å². The average molecular weight is 147 g/mol. The van der Waals surface area contributed by atoms with Crippen molar-refractivity contribution >= 4 is 0 Å². The van der Waals surface area contributed by atoms with Crippen LogP contribution in [-0.2, 0) is 4.74 Å². The van der Waals surface area contributed by atoms with Crippen LogP contribution < -0.4 is 5.73 Å². The molecule has 4 N–H and O–H groups in total. The molecule has 1 unspecified atom stereocenters. The van der Waals surface area contributed by atoms with Crippen molar-refractivity contribution < 1.29 is 14.9 Å². The number of hydrogen-bond acceptors (Lipinski definition) is 4. The van der Waals surface area contributed by atoms with E-state index in [9.17, 15) is 5.11 Å². The van der Waals surface area contributed by atoms with Crippen molar-refractivity contribution in [1.82, 2.24) is 0 Å². The normalized spacial score (nSPS) is 48.0. The topological polar surface area (TPSA) is 75.7 Å². The van der Waals surface area contributed by atoms with E-state index in [0.717, 1.165) is 0 Å². The summed E-state index contributed by atoms with van der Waals surface area (Å²) in [5, 5.41) is 18.3. The second kappa shape index (κ2) is 2.84. The summed E-state index contributed by atoms with van der Waals surface area (Å²) in [7, 11) is 0. The van der Waals surface area contributed by atoms with Gasteiger partial charge in [0.1, 0.15) is 12.2 Å². The molecule has 0 radical (unpaired) electrons. The van der Waals surface area contributed by atoms with E-state index >= 15 is 0 Å². The molecule has 1 aliphatic heterocycles. The molecule has 0 amide bonds. The molecule has 0 saturated carbocycles. The molecule has 4 heteroatoms. The van der Waals surface area contributed by atoms with E-state index in [1.165, 1.54) is 0 Å². The van der Waals surface area contributed by atoms with E-state index in [2.05, 4.69) is 0 Å². The molecule has 4 nitrogen and oxygen atoms in total. The zero-order valence-electron chi connectivity index (χ0n) is 5.90. The maximum absolute atomic E-state index is 9.17. The lowest BCUT2D eigenvalue weighted by Gasteiger charge is -2.10. The second-order valence-corrected chi connectivity index (χ2v) is 2.60. The van der Waals surface area contributed by atoms with Gasteiger partial charge in [-0.1, -0.05) is 0 Å². The monoisotopic (exact) mass is 147 g/mol. The summed E-state index contributed by atoms with van der Waals surface area (Å²) < 4.78 is 5.11. The Morgan fingerprint density at radius 1 is 1.40 bits per heavy atom. The second-order valence-electron chi connectivity index (χ2n) is 2.60. The van der Waals surface area contributed by atoms with Crippen molar-refractivity contribution in [2.75, 3.05) is 6.54 Å². The van der Waals surface area contributed by atoms with Crippen molar-refractivity contribution in [3.05, 3.63) is 0 Å². The van der Waals surface area contributed by atoms with Crippen LogP contribution in [0.5, 0.6) is 0 Å². The smallest absolute Gasteiger partial charge is 0.110 e. The van der Waals surface area contributed by atoms with E-state index in [1.807, 2.05) is 0 Å². The van der Waals surface area contributed by atoms with Crippen LogP contribution in [0.1, 0.15) is 6.92 Å². The summed E-state index contributed by atoms with van der Waals surface area (Å²) in [6.45, 7) is 1.96. The minimum Gasteiger partial charge on any atom is -0.388 e. The van der Waals surface area contributed by atoms with Crippen LogP contribution in [0.25, 0.3) is 0 Å². The Morgan fingerprint density at radius 2 is 2.00 bits per heavy atom. The van der Waals surface area contributed by atoms with E-state index < -0.39 is 18.3 Å². The Bertz CT molecular complexity index is 120. The maximum Gasteiger partial charge on any atom is 0.110 e. The Labute approximate surface area is 59.6 Å². The Morgan fingerprint density at radius 3 is 2.20 bits per heavy atom. The Balaban J connectivity index is 2.53. The summed E-state index contributed by atoms with van der Waals surface area (Å²) in [5.74, 6) is 0. The van der Waals surface area contributed by atoms with E-state index in [-0.39, 0.29) is 12.6 Å². The fourth-order valence-corrected chi connectivity index (χ4v) is 1.13. The molecule has 1 heterocycles. The Kier molecular flexibility index (Phi) is 2.25. The standard InChI is InChI=1S/C6H13NO3/c1-3-5(8)6(9)4(2-7)10-3/h3-6,8-9H,2,7H2,1H3/t3-,4-,5+,6?/m0/s1. The van der Waals surface area contributed by atoms with Crippen molar-refractivity contribution in [2.24, 2.45) is 5.73 Å². The van der Waals surface area contributed by atoms with E-state index in [1.54, 1.807) is 6.92 Å². The average Bonchev–Trinajstić information content (AvgIpc) is 2.17. The number of hydrogen-bond donors (Lipinski definition) is 3. The van der Waals surface area contributed by atoms with Crippen LogP contribution in [0.3, 0.4) is 0 Å². The highest BCUT2D eigenvalue weighted by Gasteiger charge is 2.38. The molecule has 0 aromatic heterocycles. The lowest BCUT2D eigenvalue weighted by Crippen LogP contribution is -2.35. The first kappa shape index (κ1) is 7.94. The third-order valence-electron chi connectivity index (χ3n) is 1.83. The molecule has 60 valence electrons. The summed E-state index contributed by atoms with van der Waals surface area (Å²) >= 11 is 0. The third-order valence-corrected chi connectivity index (χ3v) is 1.83. The number of nitrogens with two attached hydrogens (primary N) is 1. The van der Waals surface area contributed by atoms with Crippen LogP contribution in [-0.4, -0.2) is 41.2 Å². The largest absolute Gasteiger partial charge is 0.388 e. The van der Waals surface area contributed by atoms with E-state index in [4.69, 9.17) is 15.6 Å². The third kappa shape index (κ3) is 1.15. The molecule has 1 rings (SSSR count). The Hall–Kier alpha value is -0.160. The van der Waals surface area contributed by atoms with Crippen molar-refractivity contribution in [3.63, 3.8) is 0 Å². The van der Waals surface area contributed by atoms with Gasteiger partial charge in [-0.05, 0) is 6.92 Å². The van der Waals surface area contributed by atoms with Crippen LogP contribution in [0, 0.1) is 0 Å². The zero-order valence-corrected chi connectivity index (χ0v) is 5.90. The first-order valence-corrected chi connectivity index (χ1v) is 3.38. The molecule has 0 aromatic carbocycles. The molecular weight excluding hydrogens is 134 g/mol. The van der Waals surface area contributed by atoms with Crippen LogP contribution in [0.15, 0.2) is 0 Å². The molecule has 10 heavy (non-hydrogen) atoms. The molecule has 1 aliphatic rings. The summed E-state index contributed by atoms with van der Waals surface area (Å²) in [6, 6.07) is 0. The molecule has 1 fully saturated rings. The number of rotatable bonds is 1. The summed E-state index contributed by atoms with van der Waals surface area (Å²) in [5.41, 5.74) is 5.25. The highest BCUT2D eigenvalue weighted by Crippen LogP contribution is 2.19. The molecule has 0 aliphatic carbocycles. The zero-order chi connectivity index (χ0) is 7.72. The van der Waals surface area contributed by atoms with Crippen LogP contribution in [0.2, 0.25) is 0 Å². The van der Waals surface area contributed by atoms with Gasteiger partial charge in [0, 0.05) is 6.54 Å². The van der Waals surface area contributed by atoms with Gasteiger partial charge in [0.05, 0.1) is 12.2 Å².